The first-order valence-electron chi connectivity index (χ1n) is 14.3. The number of aromatic nitrogens is 1. The van der Waals surface area contributed by atoms with Crippen LogP contribution >= 0.6 is 43.2 Å². The number of hydrogen-bond acceptors (Lipinski definition) is 8. The monoisotopic (exact) mass is 754 g/mol. The molecule has 11 heteroatoms. The summed E-state index contributed by atoms with van der Waals surface area (Å²) in [5.74, 6) is 1.13. The molecule has 0 unspecified atom stereocenters. The Kier molecular flexibility index (Phi) is 10.3. The van der Waals surface area contributed by atoms with Crippen LogP contribution in [0.25, 0.3) is 6.08 Å². The highest BCUT2D eigenvalue weighted by molar-refractivity contribution is 9.10. The van der Waals surface area contributed by atoms with Gasteiger partial charge in [-0.2, -0.15) is 0 Å². The molecule has 0 radical (unpaired) electrons. The van der Waals surface area contributed by atoms with Gasteiger partial charge in [-0.3, -0.25) is 9.36 Å². The van der Waals surface area contributed by atoms with E-state index in [9.17, 15) is 9.59 Å². The average Bonchev–Trinajstić information content (AvgIpc) is 3.31. The highest BCUT2D eigenvalue weighted by Gasteiger charge is 2.35. The van der Waals surface area contributed by atoms with E-state index in [1.807, 2.05) is 74.5 Å². The van der Waals surface area contributed by atoms with Crippen LogP contribution < -0.4 is 29.1 Å². The molecule has 1 atom stereocenters. The normalized spacial score (nSPS) is 14.7. The third-order valence-corrected chi connectivity index (χ3v) is 9.17. The molecule has 234 valence electrons. The van der Waals surface area contributed by atoms with E-state index >= 15 is 0 Å². The Morgan fingerprint density at radius 2 is 1.80 bits per heavy atom. The van der Waals surface area contributed by atoms with Gasteiger partial charge in [0.25, 0.3) is 5.56 Å². The molecule has 45 heavy (non-hydrogen) atoms. The van der Waals surface area contributed by atoms with E-state index in [0.717, 1.165) is 20.1 Å². The van der Waals surface area contributed by atoms with Crippen molar-refractivity contribution in [3.8, 4) is 17.2 Å². The number of carbonyl (C=O) groups excluding carboxylic acids is 1. The Bertz CT molecular complexity index is 1950. The molecule has 0 spiro atoms. The summed E-state index contributed by atoms with van der Waals surface area (Å²) in [5, 5.41) is 0. The zero-order chi connectivity index (χ0) is 32.2. The standard InChI is InChI=1S/C34H32Br2N2O6S/c1-6-42-33(40)30-20(4)37-34-38(31(30)24-9-7-8-10-26(24)44-19(2)3)32(39)29(45-34)16-22-15-27(41-5)28(17-25(22)36)43-18-21-11-13-23(35)14-12-21/h7-17,19,31H,6,18H2,1-5H3/b29-16+/t31-/m0/s1. The Morgan fingerprint density at radius 3 is 2.49 bits per heavy atom. The number of nitrogens with zero attached hydrogens (tertiary/aromatic N) is 2. The molecule has 4 aromatic rings. The number of fused-ring (bicyclic) bond motifs is 1. The molecule has 0 saturated heterocycles. The van der Waals surface area contributed by atoms with Gasteiger partial charge in [-0.1, -0.05) is 73.5 Å². The zero-order valence-electron chi connectivity index (χ0n) is 25.4. The van der Waals surface area contributed by atoms with E-state index in [-0.39, 0.29) is 18.3 Å². The minimum absolute atomic E-state index is 0.118. The molecule has 0 aliphatic carbocycles. The molecule has 2 heterocycles. The second-order valence-corrected chi connectivity index (χ2v) is 13.2. The van der Waals surface area contributed by atoms with Gasteiger partial charge in [0.1, 0.15) is 18.4 Å². The van der Waals surface area contributed by atoms with Crippen LogP contribution in [0.1, 0.15) is 50.4 Å². The van der Waals surface area contributed by atoms with Crippen molar-refractivity contribution in [2.75, 3.05) is 13.7 Å². The molecular formula is C34H32Br2N2O6S. The minimum atomic E-state index is -0.787. The summed E-state index contributed by atoms with van der Waals surface area (Å²) in [6, 6.07) is 18.2. The van der Waals surface area contributed by atoms with Crippen LogP contribution in [0.5, 0.6) is 17.2 Å². The van der Waals surface area contributed by atoms with Gasteiger partial charge >= 0.3 is 5.97 Å². The molecule has 8 nitrogen and oxygen atoms in total. The zero-order valence-corrected chi connectivity index (χ0v) is 29.4. The van der Waals surface area contributed by atoms with E-state index < -0.39 is 12.0 Å². The topological polar surface area (TPSA) is 88.4 Å². The van der Waals surface area contributed by atoms with E-state index in [4.69, 9.17) is 18.9 Å². The number of benzene rings is 3. The number of thiazole rings is 1. The molecule has 0 amide bonds. The first-order chi connectivity index (χ1) is 21.6. The fourth-order valence-corrected chi connectivity index (χ4v) is 6.71. The molecular weight excluding hydrogens is 724 g/mol. The minimum Gasteiger partial charge on any atom is -0.493 e. The van der Waals surface area contributed by atoms with E-state index in [1.165, 1.54) is 11.3 Å². The third kappa shape index (κ3) is 7.10. The highest BCUT2D eigenvalue weighted by Crippen LogP contribution is 2.37. The van der Waals surface area contributed by atoms with Crippen molar-refractivity contribution >= 4 is 55.2 Å². The lowest BCUT2D eigenvalue weighted by Gasteiger charge is -2.26. The summed E-state index contributed by atoms with van der Waals surface area (Å²) in [4.78, 5) is 32.7. The first kappa shape index (κ1) is 32.7. The fraction of sp³-hybridized carbons (Fsp3) is 0.265. The van der Waals surface area contributed by atoms with Crippen LogP contribution in [-0.2, 0) is 16.1 Å². The van der Waals surface area contributed by atoms with Crippen LogP contribution in [0, 0.1) is 0 Å². The van der Waals surface area contributed by atoms with E-state index in [0.29, 0.717) is 50.0 Å². The second-order valence-electron chi connectivity index (χ2n) is 10.4. The Balaban J connectivity index is 1.60. The molecule has 1 aromatic heterocycles. The van der Waals surface area contributed by atoms with E-state index in [2.05, 4.69) is 36.9 Å². The summed E-state index contributed by atoms with van der Waals surface area (Å²) in [7, 11) is 1.57. The highest BCUT2D eigenvalue weighted by atomic mass is 79.9. The van der Waals surface area contributed by atoms with Crippen LogP contribution in [0.3, 0.4) is 0 Å². The molecule has 0 fully saturated rings. The van der Waals surface area contributed by atoms with Crippen molar-refractivity contribution in [3.63, 3.8) is 0 Å². The van der Waals surface area contributed by atoms with Gasteiger partial charge in [-0.15, -0.1) is 0 Å². The van der Waals surface area contributed by atoms with Gasteiger partial charge in [0.05, 0.1) is 35.6 Å². The predicted octanol–water partition coefficient (Wildman–Crippen LogP) is 6.70. The van der Waals surface area contributed by atoms with Gasteiger partial charge in [-0.25, -0.2) is 9.79 Å². The van der Waals surface area contributed by atoms with Crippen molar-refractivity contribution in [2.24, 2.45) is 4.99 Å². The Morgan fingerprint density at radius 1 is 1.07 bits per heavy atom. The Labute approximate surface area is 281 Å². The summed E-state index contributed by atoms with van der Waals surface area (Å²) in [6.45, 7) is 7.92. The number of ether oxygens (including phenoxy) is 4. The van der Waals surface area contributed by atoms with Crippen LogP contribution in [0.2, 0.25) is 0 Å². The van der Waals surface area contributed by atoms with Crippen molar-refractivity contribution in [1.82, 2.24) is 4.57 Å². The molecule has 0 N–H and O–H groups in total. The number of halogens is 2. The maximum absolute atomic E-state index is 14.2. The number of rotatable bonds is 10. The number of carbonyl (C=O) groups is 1. The van der Waals surface area contributed by atoms with Gasteiger partial charge in [0.15, 0.2) is 16.3 Å². The van der Waals surface area contributed by atoms with Crippen LogP contribution in [-0.4, -0.2) is 30.4 Å². The van der Waals surface area contributed by atoms with Crippen molar-refractivity contribution in [2.45, 2.75) is 46.4 Å². The van der Waals surface area contributed by atoms with Gasteiger partial charge in [0, 0.05) is 14.5 Å². The average molecular weight is 757 g/mol. The lowest BCUT2D eigenvalue weighted by molar-refractivity contribution is -0.139. The smallest absolute Gasteiger partial charge is 0.338 e. The third-order valence-electron chi connectivity index (χ3n) is 6.97. The van der Waals surface area contributed by atoms with Crippen molar-refractivity contribution in [1.29, 1.82) is 0 Å². The summed E-state index contributed by atoms with van der Waals surface area (Å²) in [5.41, 5.74) is 2.89. The maximum Gasteiger partial charge on any atom is 0.338 e. The van der Waals surface area contributed by atoms with Crippen molar-refractivity contribution < 1.29 is 23.7 Å². The SMILES string of the molecule is CCOC(=O)C1=C(C)N=c2s/c(=C/c3cc(OC)c(OCc4ccc(Br)cc4)cc3Br)c(=O)n2[C@H]1c1ccccc1OC(C)C. The number of methoxy groups -OCH3 is 1. The Hall–Kier alpha value is -3.67. The molecule has 1 aliphatic rings. The molecule has 0 bridgehead atoms. The number of esters is 1. The molecule has 0 saturated carbocycles. The van der Waals surface area contributed by atoms with Gasteiger partial charge < -0.3 is 18.9 Å². The van der Waals surface area contributed by atoms with Crippen LogP contribution in [0.4, 0.5) is 0 Å². The van der Waals surface area contributed by atoms with Gasteiger partial charge in [-0.05, 0) is 75.2 Å². The summed E-state index contributed by atoms with van der Waals surface area (Å²) in [6.07, 6.45) is 1.67. The summed E-state index contributed by atoms with van der Waals surface area (Å²) >= 11 is 8.34. The van der Waals surface area contributed by atoms with Crippen molar-refractivity contribution in [3.05, 3.63) is 117 Å². The number of para-hydroxylation sites is 1. The maximum atomic E-state index is 14.2. The fourth-order valence-electron chi connectivity index (χ4n) is 4.97. The first-order valence-corrected chi connectivity index (χ1v) is 16.7. The lowest BCUT2D eigenvalue weighted by Crippen LogP contribution is -2.40. The molecule has 3 aromatic carbocycles. The second kappa shape index (κ2) is 14.2. The van der Waals surface area contributed by atoms with Gasteiger partial charge in [0.2, 0.25) is 0 Å². The number of hydrogen-bond donors (Lipinski definition) is 0. The lowest BCUT2D eigenvalue weighted by atomic mass is 9.95. The largest absolute Gasteiger partial charge is 0.493 e. The quantitative estimate of drug-likeness (QED) is 0.168. The predicted molar refractivity (Wildman–Crippen MR) is 182 cm³/mol. The van der Waals surface area contributed by atoms with E-state index in [1.54, 1.807) is 31.6 Å². The summed E-state index contributed by atoms with van der Waals surface area (Å²) < 4.78 is 27.0. The van der Waals surface area contributed by atoms with Crippen LogP contribution in [0.15, 0.2) is 90.7 Å². The molecule has 1 aliphatic heterocycles. The number of allylic oxidation sites excluding steroid dienone is 1. The molecule has 5 rings (SSSR count).